The van der Waals surface area contributed by atoms with Crippen molar-refractivity contribution in [3.63, 3.8) is 0 Å². The van der Waals surface area contributed by atoms with Gasteiger partial charge in [0.05, 0.1) is 23.7 Å². The van der Waals surface area contributed by atoms with E-state index >= 15 is 0 Å². The Hall–Kier alpha value is -3.48. The number of H-pyrrole nitrogens is 1. The van der Waals surface area contributed by atoms with Gasteiger partial charge in [0.15, 0.2) is 0 Å². The van der Waals surface area contributed by atoms with Gasteiger partial charge >= 0.3 is 0 Å². The molecule has 7 nitrogen and oxygen atoms in total. The Morgan fingerprint density at radius 3 is 2.54 bits per heavy atom. The van der Waals surface area contributed by atoms with E-state index in [1.807, 2.05) is 43.3 Å². The molecular weight excluding hydrogens is 330 g/mol. The molecule has 1 aromatic heterocycles. The molecule has 132 valence electrons. The van der Waals surface area contributed by atoms with Crippen molar-refractivity contribution in [3.05, 3.63) is 70.1 Å². The van der Waals surface area contributed by atoms with Crippen LogP contribution in [0.1, 0.15) is 11.3 Å². The number of hydrogen-bond acceptors (Lipinski definition) is 5. The summed E-state index contributed by atoms with van der Waals surface area (Å²) in [6, 6.07) is 14.8. The first-order valence-corrected chi connectivity index (χ1v) is 8.10. The number of hydrazone groups is 1. The van der Waals surface area contributed by atoms with Gasteiger partial charge in [-0.3, -0.25) is 9.59 Å². The fraction of sp³-hybridized carbons (Fsp3) is 0.158. The number of nitrogens with zero attached hydrogens (tertiary/aromatic N) is 3. The Morgan fingerprint density at radius 1 is 1.15 bits per heavy atom. The predicted molar refractivity (Wildman–Crippen MR) is 103 cm³/mol. The molecule has 0 fully saturated rings. The Balaban J connectivity index is 1.66. The molecule has 26 heavy (non-hydrogen) atoms. The van der Waals surface area contributed by atoms with Crippen molar-refractivity contribution in [1.29, 1.82) is 0 Å². The molecule has 0 saturated carbocycles. The minimum Gasteiger partial charge on any atom is -0.378 e. The minimum atomic E-state index is -0.309. The normalized spacial score (nSPS) is 11.0. The Morgan fingerprint density at radius 2 is 1.85 bits per heavy atom. The van der Waals surface area contributed by atoms with E-state index in [-0.39, 0.29) is 17.9 Å². The van der Waals surface area contributed by atoms with Crippen molar-refractivity contribution in [3.8, 4) is 0 Å². The summed E-state index contributed by atoms with van der Waals surface area (Å²) in [4.78, 5) is 25.9. The van der Waals surface area contributed by atoms with Gasteiger partial charge in [0.2, 0.25) is 5.91 Å². The SMILES string of the molecule is CN(C)c1ccc(/C=N\NC(=O)Cc2n[nH]c(=O)c3ccccc23)cc1. The van der Waals surface area contributed by atoms with Gasteiger partial charge in [-0.05, 0) is 23.8 Å². The van der Waals surface area contributed by atoms with Crippen LogP contribution in [0.2, 0.25) is 0 Å². The zero-order valence-corrected chi connectivity index (χ0v) is 14.6. The summed E-state index contributed by atoms with van der Waals surface area (Å²) < 4.78 is 0. The molecule has 0 saturated heterocycles. The van der Waals surface area contributed by atoms with Crippen LogP contribution in [0.5, 0.6) is 0 Å². The number of benzene rings is 2. The van der Waals surface area contributed by atoms with E-state index in [9.17, 15) is 9.59 Å². The second kappa shape index (κ2) is 7.60. The van der Waals surface area contributed by atoms with E-state index in [2.05, 4.69) is 20.7 Å². The third kappa shape index (κ3) is 3.94. The van der Waals surface area contributed by atoms with Gasteiger partial charge in [0.25, 0.3) is 5.56 Å². The molecule has 0 unspecified atom stereocenters. The first-order chi connectivity index (χ1) is 12.5. The van der Waals surface area contributed by atoms with Gasteiger partial charge in [0, 0.05) is 25.2 Å². The maximum Gasteiger partial charge on any atom is 0.272 e. The van der Waals surface area contributed by atoms with Crippen LogP contribution in [0.15, 0.2) is 58.4 Å². The average Bonchev–Trinajstić information content (AvgIpc) is 2.65. The van der Waals surface area contributed by atoms with Gasteiger partial charge in [0.1, 0.15) is 0 Å². The van der Waals surface area contributed by atoms with Crippen LogP contribution in [0.4, 0.5) is 5.69 Å². The zero-order chi connectivity index (χ0) is 18.5. The average molecular weight is 349 g/mol. The monoisotopic (exact) mass is 349 g/mol. The summed E-state index contributed by atoms with van der Waals surface area (Å²) in [7, 11) is 3.94. The highest BCUT2D eigenvalue weighted by Crippen LogP contribution is 2.13. The fourth-order valence-corrected chi connectivity index (χ4v) is 2.54. The zero-order valence-electron chi connectivity index (χ0n) is 14.6. The number of aromatic nitrogens is 2. The lowest BCUT2D eigenvalue weighted by atomic mass is 10.1. The highest BCUT2D eigenvalue weighted by molar-refractivity contribution is 5.89. The maximum absolute atomic E-state index is 12.1. The van der Waals surface area contributed by atoms with Crippen molar-refractivity contribution < 1.29 is 4.79 Å². The van der Waals surface area contributed by atoms with Gasteiger partial charge in [-0.2, -0.15) is 10.2 Å². The first kappa shape index (κ1) is 17.3. The third-order valence-electron chi connectivity index (χ3n) is 3.92. The molecule has 3 aromatic rings. The van der Waals surface area contributed by atoms with E-state index in [4.69, 9.17) is 0 Å². The van der Waals surface area contributed by atoms with Crippen LogP contribution in [-0.2, 0) is 11.2 Å². The van der Waals surface area contributed by atoms with Crippen LogP contribution >= 0.6 is 0 Å². The Bertz CT molecular complexity index is 1010. The molecule has 0 spiro atoms. The number of aromatic amines is 1. The van der Waals surface area contributed by atoms with Crippen molar-refractivity contribution in [2.24, 2.45) is 5.10 Å². The van der Waals surface area contributed by atoms with Crippen molar-refractivity contribution in [2.75, 3.05) is 19.0 Å². The van der Waals surface area contributed by atoms with Crippen molar-refractivity contribution >= 4 is 28.6 Å². The lowest BCUT2D eigenvalue weighted by molar-refractivity contribution is -0.120. The summed E-state index contributed by atoms with van der Waals surface area (Å²) in [6.07, 6.45) is 1.60. The number of fused-ring (bicyclic) bond motifs is 1. The van der Waals surface area contributed by atoms with Gasteiger partial charge < -0.3 is 4.90 Å². The van der Waals surface area contributed by atoms with Crippen LogP contribution in [0, 0.1) is 0 Å². The summed E-state index contributed by atoms with van der Waals surface area (Å²) in [5.41, 5.74) is 4.68. The van der Waals surface area contributed by atoms with Crippen LogP contribution in [0.25, 0.3) is 10.8 Å². The smallest absolute Gasteiger partial charge is 0.272 e. The van der Waals surface area contributed by atoms with Crippen LogP contribution in [-0.4, -0.2) is 36.4 Å². The van der Waals surface area contributed by atoms with Crippen LogP contribution < -0.4 is 15.9 Å². The molecule has 2 aromatic carbocycles. The molecule has 0 atom stereocenters. The molecule has 2 N–H and O–H groups in total. The number of hydrogen-bond donors (Lipinski definition) is 2. The molecule has 0 aliphatic carbocycles. The van der Waals surface area contributed by atoms with Gasteiger partial charge in [-0.15, -0.1) is 0 Å². The molecule has 1 heterocycles. The summed E-state index contributed by atoms with van der Waals surface area (Å²) in [5.74, 6) is -0.309. The van der Waals surface area contributed by atoms with Crippen LogP contribution in [0.3, 0.4) is 0 Å². The van der Waals surface area contributed by atoms with Crippen molar-refractivity contribution in [2.45, 2.75) is 6.42 Å². The molecule has 0 radical (unpaired) electrons. The number of nitrogens with one attached hydrogen (secondary N) is 2. The maximum atomic E-state index is 12.1. The predicted octanol–water partition coefficient (Wildman–Crippen LogP) is 1.68. The van der Waals surface area contributed by atoms with Gasteiger partial charge in [-0.1, -0.05) is 30.3 Å². The highest BCUT2D eigenvalue weighted by Gasteiger charge is 2.10. The number of rotatable bonds is 5. The minimum absolute atomic E-state index is 0.0220. The second-order valence-electron chi connectivity index (χ2n) is 6.00. The lowest BCUT2D eigenvalue weighted by Crippen LogP contribution is -2.22. The lowest BCUT2D eigenvalue weighted by Gasteiger charge is -2.11. The van der Waals surface area contributed by atoms with E-state index in [1.165, 1.54) is 0 Å². The molecule has 1 amide bonds. The summed E-state index contributed by atoms with van der Waals surface area (Å²) in [6.45, 7) is 0. The van der Waals surface area contributed by atoms with E-state index in [1.54, 1.807) is 30.5 Å². The molecule has 3 rings (SSSR count). The van der Waals surface area contributed by atoms with E-state index < -0.39 is 0 Å². The molecule has 0 aliphatic heterocycles. The Labute approximate surface area is 150 Å². The largest absolute Gasteiger partial charge is 0.378 e. The number of carbonyl (C=O) groups is 1. The van der Waals surface area contributed by atoms with Crippen molar-refractivity contribution in [1.82, 2.24) is 15.6 Å². The molecule has 0 bridgehead atoms. The summed E-state index contributed by atoms with van der Waals surface area (Å²) in [5, 5.41) is 11.5. The fourth-order valence-electron chi connectivity index (χ4n) is 2.54. The molecule has 0 aliphatic rings. The Kier molecular flexibility index (Phi) is 5.07. The topological polar surface area (TPSA) is 90.4 Å². The first-order valence-electron chi connectivity index (χ1n) is 8.10. The molecule has 7 heteroatoms. The number of anilines is 1. The van der Waals surface area contributed by atoms with E-state index in [0.717, 1.165) is 11.3 Å². The standard InChI is InChI=1S/C19H19N5O2/c1-24(2)14-9-7-13(8-10-14)12-20-22-18(25)11-17-15-5-3-4-6-16(15)19(26)23-21-17/h3-10,12H,11H2,1-2H3,(H,22,25)(H,23,26)/b20-12-. The highest BCUT2D eigenvalue weighted by atomic mass is 16.2. The summed E-state index contributed by atoms with van der Waals surface area (Å²) >= 11 is 0. The quantitative estimate of drug-likeness (QED) is 0.542. The van der Waals surface area contributed by atoms with E-state index in [0.29, 0.717) is 16.5 Å². The third-order valence-corrected chi connectivity index (χ3v) is 3.92. The van der Waals surface area contributed by atoms with Gasteiger partial charge in [-0.25, -0.2) is 10.5 Å². The second-order valence-corrected chi connectivity index (χ2v) is 6.00. The number of amides is 1. The number of carbonyl (C=O) groups excluding carboxylic acids is 1. The molecular formula is C19H19N5O2.